The molecule has 1 aliphatic carbocycles. The summed E-state index contributed by atoms with van der Waals surface area (Å²) in [5.74, 6) is -1.16. The molecule has 0 bridgehead atoms. The van der Waals surface area contributed by atoms with E-state index in [0.29, 0.717) is 12.1 Å². The Balaban J connectivity index is 1.43. The number of nitrogens with one attached hydrogen (secondary N) is 2. The highest BCUT2D eigenvalue weighted by molar-refractivity contribution is 7.10. The lowest BCUT2D eigenvalue weighted by Gasteiger charge is -2.12. The van der Waals surface area contributed by atoms with Crippen LogP contribution < -0.4 is 10.6 Å². The Kier molecular flexibility index (Phi) is 5.83. The summed E-state index contributed by atoms with van der Waals surface area (Å²) in [5, 5.41) is 8.42. The van der Waals surface area contributed by atoms with E-state index in [1.807, 2.05) is 17.5 Å². The van der Waals surface area contributed by atoms with Gasteiger partial charge < -0.3 is 10.1 Å². The van der Waals surface area contributed by atoms with Crippen molar-refractivity contribution >= 4 is 40.6 Å². The lowest BCUT2D eigenvalue weighted by Crippen LogP contribution is -2.41. The standard InChI is InChI=1S/C17H18N2O4S2/c20-15(19-17(22)18-8-11-4-3-7-24-11)9-23-16(21)13-10-25-14-6-2-1-5-12(13)14/h3-4,7,10H,1-2,5-6,8-9H2,(H2,18,19,20,22). The summed E-state index contributed by atoms with van der Waals surface area (Å²) in [7, 11) is 0. The molecule has 0 atom stereocenters. The van der Waals surface area contributed by atoms with Crippen molar-refractivity contribution in [3.05, 3.63) is 43.8 Å². The lowest BCUT2D eigenvalue weighted by molar-refractivity contribution is -0.123. The molecule has 2 heterocycles. The maximum absolute atomic E-state index is 12.2. The molecule has 0 aliphatic heterocycles. The molecule has 8 heteroatoms. The van der Waals surface area contributed by atoms with Crippen molar-refractivity contribution < 1.29 is 19.1 Å². The first-order valence-corrected chi connectivity index (χ1v) is 9.76. The molecule has 0 saturated heterocycles. The Labute approximate surface area is 153 Å². The first-order chi connectivity index (χ1) is 12.1. The third kappa shape index (κ3) is 4.67. The highest BCUT2D eigenvalue weighted by Crippen LogP contribution is 2.30. The van der Waals surface area contributed by atoms with Crippen LogP contribution in [0, 0.1) is 0 Å². The minimum absolute atomic E-state index is 0.345. The van der Waals surface area contributed by atoms with Crippen LogP contribution in [0.3, 0.4) is 0 Å². The quantitative estimate of drug-likeness (QED) is 0.784. The second-order valence-electron chi connectivity index (χ2n) is 5.64. The summed E-state index contributed by atoms with van der Waals surface area (Å²) in [6.07, 6.45) is 4.08. The van der Waals surface area contributed by atoms with E-state index in [1.165, 1.54) is 16.2 Å². The van der Waals surface area contributed by atoms with Crippen molar-refractivity contribution in [3.63, 3.8) is 0 Å². The van der Waals surface area contributed by atoms with Crippen molar-refractivity contribution in [2.75, 3.05) is 6.61 Å². The average molecular weight is 378 g/mol. The number of amides is 3. The van der Waals surface area contributed by atoms with E-state index in [0.717, 1.165) is 36.1 Å². The van der Waals surface area contributed by atoms with E-state index in [9.17, 15) is 14.4 Å². The zero-order valence-electron chi connectivity index (χ0n) is 13.5. The largest absolute Gasteiger partial charge is 0.452 e. The van der Waals surface area contributed by atoms with Crippen LogP contribution in [0.25, 0.3) is 0 Å². The van der Waals surface area contributed by atoms with E-state index in [-0.39, 0.29) is 0 Å². The number of imide groups is 1. The molecule has 0 fully saturated rings. The maximum atomic E-state index is 12.2. The van der Waals surface area contributed by atoms with Crippen LogP contribution in [0.5, 0.6) is 0 Å². The number of urea groups is 1. The second-order valence-corrected chi connectivity index (χ2v) is 7.64. The van der Waals surface area contributed by atoms with Crippen molar-refractivity contribution in [2.24, 2.45) is 0 Å². The SMILES string of the molecule is O=C(COC(=O)c1csc2c1CCCC2)NC(=O)NCc1cccs1. The predicted octanol–water partition coefficient (Wildman–Crippen LogP) is 2.87. The van der Waals surface area contributed by atoms with Crippen molar-refractivity contribution in [1.82, 2.24) is 10.6 Å². The van der Waals surface area contributed by atoms with Gasteiger partial charge in [-0.3, -0.25) is 10.1 Å². The third-order valence-electron chi connectivity index (χ3n) is 3.87. The minimum atomic E-state index is -0.652. The number of ether oxygens (including phenoxy) is 1. The molecule has 3 amide bonds. The predicted molar refractivity (Wildman–Crippen MR) is 95.9 cm³/mol. The van der Waals surface area contributed by atoms with Crippen LogP contribution >= 0.6 is 22.7 Å². The molecule has 2 N–H and O–H groups in total. The van der Waals surface area contributed by atoms with Gasteiger partial charge in [0.05, 0.1) is 12.1 Å². The first-order valence-electron chi connectivity index (χ1n) is 8.00. The van der Waals surface area contributed by atoms with Crippen LogP contribution in [-0.4, -0.2) is 24.5 Å². The molecule has 0 radical (unpaired) electrons. The third-order valence-corrected chi connectivity index (χ3v) is 5.84. The van der Waals surface area contributed by atoms with E-state index in [2.05, 4.69) is 10.6 Å². The number of rotatable bonds is 5. The fraction of sp³-hybridized carbons (Fsp3) is 0.353. The van der Waals surface area contributed by atoms with Crippen molar-refractivity contribution in [3.8, 4) is 0 Å². The number of hydrogen-bond donors (Lipinski definition) is 2. The number of fused-ring (bicyclic) bond motifs is 1. The van der Waals surface area contributed by atoms with Crippen molar-refractivity contribution in [1.29, 1.82) is 0 Å². The van der Waals surface area contributed by atoms with Crippen LogP contribution in [0.2, 0.25) is 0 Å². The summed E-state index contributed by atoms with van der Waals surface area (Å²) < 4.78 is 5.04. The highest BCUT2D eigenvalue weighted by Gasteiger charge is 2.21. The number of carbonyl (C=O) groups excluding carboxylic acids is 3. The van der Waals surface area contributed by atoms with Gasteiger partial charge in [-0.2, -0.15) is 0 Å². The van der Waals surface area contributed by atoms with Gasteiger partial charge in [-0.1, -0.05) is 6.07 Å². The van der Waals surface area contributed by atoms with Crippen LogP contribution in [0.15, 0.2) is 22.9 Å². The fourth-order valence-corrected chi connectivity index (χ4v) is 4.42. The molecule has 2 aromatic heterocycles. The Bertz CT molecular complexity index is 768. The van der Waals surface area contributed by atoms with Crippen LogP contribution in [-0.2, 0) is 28.9 Å². The zero-order chi connectivity index (χ0) is 17.6. The smallest absolute Gasteiger partial charge is 0.339 e. The van der Waals surface area contributed by atoms with E-state index < -0.39 is 24.5 Å². The zero-order valence-corrected chi connectivity index (χ0v) is 15.1. The molecule has 3 rings (SSSR count). The Morgan fingerprint density at radius 3 is 2.80 bits per heavy atom. The number of carbonyl (C=O) groups is 3. The minimum Gasteiger partial charge on any atom is -0.452 e. The molecule has 0 spiro atoms. The van der Waals surface area contributed by atoms with Gasteiger partial charge in [0, 0.05) is 15.1 Å². The summed E-state index contributed by atoms with van der Waals surface area (Å²) >= 11 is 3.08. The summed E-state index contributed by atoms with van der Waals surface area (Å²) in [4.78, 5) is 37.7. The highest BCUT2D eigenvalue weighted by atomic mass is 32.1. The van der Waals surface area contributed by atoms with Gasteiger partial charge in [-0.05, 0) is 42.7 Å². The molecule has 0 aromatic carbocycles. The molecule has 132 valence electrons. The number of hydrogen-bond acceptors (Lipinski definition) is 6. The van der Waals surface area contributed by atoms with Crippen LogP contribution in [0.1, 0.15) is 38.5 Å². The molecule has 2 aromatic rings. The molecule has 6 nitrogen and oxygen atoms in total. The average Bonchev–Trinajstić information content (AvgIpc) is 3.27. The lowest BCUT2D eigenvalue weighted by atomic mass is 9.96. The van der Waals surface area contributed by atoms with Gasteiger partial charge in [0.25, 0.3) is 5.91 Å². The fourth-order valence-electron chi connectivity index (χ4n) is 2.66. The van der Waals surface area contributed by atoms with Gasteiger partial charge in [0.1, 0.15) is 0 Å². The Hall–Kier alpha value is -2.19. The molecule has 0 saturated carbocycles. The van der Waals surface area contributed by atoms with E-state index in [4.69, 9.17) is 4.74 Å². The van der Waals surface area contributed by atoms with Gasteiger partial charge >= 0.3 is 12.0 Å². The summed E-state index contributed by atoms with van der Waals surface area (Å²) in [5.41, 5.74) is 1.60. The Morgan fingerprint density at radius 2 is 2.00 bits per heavy atom. The van der Waals surface area contributed by atoms with Gasteiger partial charge in [0.2, 0.25) is 0 Å². The maximum Gasteiger partial charge on any atom is 0.339 e. The molecule has 25 heavy (non-hydrogen) atoms. The second kappa shape index (κ2) is 8.26. The van der Waals surface area contributed by atoms with Gasteiger partial charge in [-0.15, -0.1) is 22.7 Å². The monoisotopic (exact) mass is 378 g/mol. The van der Waals surface area contributed by atoms with Gasteiger partial charge in [0.15, 0.2) is 6.61 Å². The molecular formula is C17H18N2O4S2. The van der Waals surface area contributed by atoms with Crippen LogP contribution in [0.4, 0.5) is 4.79 Å². The Morgan fingerprint density at radius 1 is 1.16 bits per heavy atom. The van der Waals surface area contributed by atoms with E-state index >= 15 is 0 Å². The molecular weight excluding hydrogens is 360 g/mol. The molecule has 1 aliphatic rings. The molecule has 0 unspecified atom stereocenters. The number of thiophene rings is 2. The normalized spacial score (nSPS) is 13.0. The van der Waals surface area contributed by atoms with Crippen molar-refractivity contribution in [2.45, 2.75) is 32.2 Å². The summed E-state index contributed by atoms with van der Waals surface area (Å²) in [6.45, 7) is -0.131. The first kappa shape index (κ1) is 17.6. The van der Waals surface area contributed by atoms with Gasteiger partial charge in [-0.25, -0.2) is 9.59 Å². The number of esters is 1. The topological polar surface area (TPSA) is 84.5 Å². The summed E-state index contributed by atoms with van der Waals surface area (Å²) in [6, 6.07) is 3.16. The van der Waals surface area contributed by atoms with E-state index in [1.54, 1.807) is 16.7 Å². The number of aryl methyl sites for hydroxylation is 1.